The Morgan fingerprint density at radius 3 is 2.90 bits per heavy atom. The summed E-state index contributed by atoms with van der Waals surface area (Å²) in [7, 11) is 0. The molecule has 0 bridgehead atoms. The van der Waals surface area contributed by atoms with Crippen LogP contribution in [-0.2, 0) is 4.79 Å². The van der Waals surface area contributed by atoms with Gasteiger partial charge in [0.2, 0.25) is 5.82 Å². The molecule has 1 amide bonds. The lowest BCUT2D eigenvalue weighted by atomic mass is 10.2. The second-order valence-corrected chi connectivity index (χ2v) is 6.08. The van der Waals surface area contributed by atoms with Gasteiger partial charge in [0.15, 0.2) is 0 Å². The third-order valence-electron chi connectivity index (χ3n) is 3.36. The first-order chi connectivity index (χ1) is 9.99. The SMILES string of the molecule is Cc1ccnc2nc(C(=O)N3C(C)SCC3C(=O)O)nn12. The average molecular weight is 307 g/mol. The van der Waals surface area contributed by atoms with Crippen LogP contribution in [0, 0.1) is 6.92 Å². The third kappa shape index (κ3) is 2.23. The van der Waals surface area contributed by atoms with Crippen LogP contribution in [0.5, 0.6) is 0 Å². The molecule has 2 unspecified atom stereocenters. The van der Waals surface area contributed by atoms with Gasteiger partial charge in [0, 0.05) is 17.6 Å². The number of amides is 1. The number of carboxylic acid groups (broad SMARTS) is 1. The van der Waals surface area contributed by atoms with Gasteiger partial charge in [-0.3, -0.25) is 4.79 Å². The molecule has 3 rings (SSSR count). The van der Waals surface area contributed by atoms with Gasteiger partial charge in [0.05, 0.1) is 5.37 Å². The maximum Gasteiger partial charge on any atom is 0.327 e. The molecule has 0 aliphatic carbocycles. The summed E-state index contributed by atoms with van der Waals surface area (Å²) in [5.41, 5.74) is 0.796. The lowest BCUT2D eigenvalue weighted by Gasteiger charge is -2.23. The minimum Gasteiger partial charge on any atom is -0.480 e. The molecular weight excluding hydrogens is 294 g/mol. The normalized spacial score (nSPS) is 21.9. The number of thioether (sulfide) groups is 1. The summed E-state index contributed by atoms with van der Waals surface area (Å²) >= 11 is 1.42. The van der Waals surface area contributed by atoms with Crippen LogP contribution in [0.2, 0.25) is 0 Å². The van der Waals surface area contributed by atoms with Crippen molar-refractivity contribution < 1.29 is 14.7 Å². The predicted molar refractivity (Wildman–Crippen MR) is 75.0 cm³/mol. The van der Waals surface area contributed by atoms with Gasteiger partial charge in [-0.25, -0.2) is 14.3 Å². The van der Waals surface area contributed by atoms with Crippen molar-refractivity contribution in [2.45, 2.75) is 25.3 Å². The fourth-order valence-corrected chi connectivity index (χ4v) is 3.42. The number of nitrogens with zero attached hydrogens (tertiary/aromatic N) is 5. The number of carbonyl (C=O) groups is 2. The molecule has 110 valence electrons. The Hall–Kier alpha value is -2.16. The van der Waals surface area contributed by atoms with E-state index in [0.717, 1.165) is 5.69 Å². The van der Waals surface area contributed by atoms with Crippen molar-refractivity contribution >= 4 is 29.4 Å². The van der Waals surface area contributed by atoms with Crippen molar-refractivity contribution in [2.24, 2.45) is 0 Å². The third-order valence-corrected chi connectivity index (χ3v) is 4.58. The Kier molecular flexibility index (Phi) is 3.28. The van der Waals surface area contributed by atoms with E-state index in [0.29, 0.717) is 11.5 Å². The van der Waals surface area contributed by atoms with E-state index < -0.39 is 17.9 Å². The Bertz CT molecular complexity index is 731. The first kappa shape index (κ1) is 13.8. The van der Waals surface area contributed by atoms with Crippen molar-refractivity contribution in [3.8, 4) is 0 Å². The molecule has 1 fully saturated rings. The van der Waals surface area contributed by atoms with Gasteiger partial charge < -0.3 is 10.0 Å². The van der Waals surface area contributed by atoms with Crippen LogP contribution in [0.1, 0.15) is 23.2 Å². The number of aryl methyl sites for hydroxylation is 1. The monoisotopic (exact) mass is 307 g/mol. The highest BCUT2D eigenvalue weighted by atomic mass is 32.2. The highest BCUT2D eigenvalue weighted by Crippen LogP contribution is 2.29. The molecule has 21 heavy (non-hydrogen) atoms. The largest absolute Gasteiger partial charge is 0.480 e. The molecule has 1 aliphatic heterocycles. The molecule has 1 saturated heterocycles. The highest BCUT2D eigenvalue weighted by molar-refractivity contribution is 8.00. The number of rotatable bonds is 2. The lowest BCUT2D eigenvalue weighted by molar-refractivity contribution is -0.141. The fourth-order valence-electron chi connectivity index (χ4n) is 2.25. The zero-order chi connectivity index (χ0) is 15.1. The van der Waals surface area contributed by atoms with Crippen LogP contribution in [0.25, 0.3) is 5.78 Å². The van der Waals surface area contributed by atoms with Crippen molar-refractivity contribution in [3.63, 3.8) is 0 Å². The number of hydrogen-bond acceptors (Lipinski definition) is 6. The van der Waals surface area contributed by atoms with Gasteiger partial charge in [0.25, 0.3) is 11.7 Å². The molecule has 0 saturated carbocycles. The molecule has 0 aromatic carbocycles. The smallest absolute Gasteiger partial charge is 0.327 e. The zero-order valence-electron chi connectivity index (χ0n) is 11.4. The van der Waals surface area contributed by atoms with Crippen LogP contribution in [-0.4, -0.2) is 58.6 Å². The summed E-state index contributed by atoms with van der Waals surface area (Å²) in [4.78, 5) is 33.2. The van der Waals surface area contributed by atoms with Crippen molar-refractivity contribution in [1.82, 2.24) is 24.5 Å². The van der Waals surface area contributed by atoms with Crippen molar-refractivity contribution in [1.29, 1.82) is 0 Å². The molecular formula is C12H13N5O3S. The van der Waals surface area contributed by atoms with E-state index in [2.05, 4.69) is 15.1 Å². The minimum atomic E-state index is -1.02. The molecule has 9 heteroatoms. The number of aliphatic carboxylic acids is 1. The molecule has 0 radical (unpaired) electrons. The van der Waals surface area contributed by atoms with Crippen molar-refractivity contribution in [3.05, 3.63) is 23.8 Å². The summed E-state index contributed by atoms with van der Waals surface area (Å²) < 4.78 is 1.47. The summed E-state index contributed by atoms with van der Waals surface area (Å²) in [6.45, 7) is 3.62. The molecule has 1 N–H and O–H groups in total. The van der Waals surface area contributed by atoms with Crippen LogP contribution in [0.15, 0.2) is 12.3 Å². The summed E-state index contributed by atoms with van der Waals surface area (Å²) in [6.07, 6.45) is 1.59. The zero-order valence-corrected chi connectivity index (χ0v) is 12.2. The van der Waals surface area contributed by atoms with Crippen LogP contribution < -0.4 is 0 Å². The van der Waals surface area contributed by atoms with Gasteiger partial charge in [-0.05, 0) is 19.9 Å². The van der Waals surface area contributed by atoms with E-state index >= 15 is 0 Å². The molecule has 2 aromatic rings. The van der Waals surface area contributed by atoms with E-state index in [1.807, 2.05) is 6.92 Å². The molecule has 8 nitrogen and oxygen atoms in total. The minimum absolute atomic E-state index is 0.0302. The second kappa shape index (κ2) is 4.99. The summed E-state index contributed by atoms with van der Waals surface area (Å²) in [5.74, 6) is -0.836. The number of aromatic nitrogens is 4. The van der Waals surface area contributed by atoms with E-state index in [-0.39, 0.29) is 11.2 Å². The molecule has 2 atom stereocenters. The van der Waals surface area contributed by atoms with Gasteiger partial charge in [-0.2, -0.15) is 4.98 Å². The molecule has 0 spiro atoms. The molecule has 2 aromatic heterocycles. The van der Waals surface area contributed by atoms with Crippen LogP contribution in [0.4, 0.5) is 0 Å². The number of carbonyl (C=O) groups excluding carboxylic acids is 1. The number of carboxylic acids is 1. The second-order valence-electron chi connectivity index (χ2n) is 4.73. The summed E-state index contributed by atoms with van der Waals surface area (Å²) in [5, 5.41) is 13.1. The summed E-state index contributed by atoms with van der Waals surface area (Å²) in [6, 6.07) is 0.905. The fraction of sp³-hybridized carbons (Fsp3) is 0.417. The van der Waals surface area contributed by atoms with Crippen molar-refractivity contribution in [2.75, 3.05) is 5.75 Å². The van der Waals surface area contributed by atoms with Crippen LogP contribution in [0.3, 0.4) is 0 Å². The van der Waals surface area contributed by atoms with Gasteiger partial charge in [-0.15, -0.1) is 16.9 Å². The maximum absolute atomic E-state index is 12.5. The van der Waals surface area contributed by atoms with Gasteiger partial charge in [-0.1, -0.05) is 0 Å². The lowest BCUT2D eigenvalue weighted by Crippen LogP contribution is -2.45. The standard InChI is InChI=1S/C12H13N5O3S/c1-6-3-4-13-12-14-9(15-17(6)12)10(18)16-7(2)21-5-8(16)11(19)20/h3-4,7-8H,5H2,1-2H3,(H,19,20). The van der Waals surface area contributed by atoms with E-state index in [9.17, 15) is 14.7 Å². The van der Waals surface area contributed by atoms with Gasteiger partial charge >= 0.3 is 5.97 Å². The molecule has 1 aliphatic rings. The first-order valence-electron chi connectivity index (χ1n) is 6.34. The maximum atomic E-state index is 12.5. The number of fused-ring (bicyclic) bond motifs is 1. The topological polar surface area (TPSA) is 101 Å². The van der Waals surface area contributed by atoms with E-state index in [4.69, 9.17) is 0 Å². The first-order valence-corrected chi connectivity index (χ1v) is 7.39. The Labute approximate surface area is 124 Å². The highest BCUT2D eigenvalue weighted by Gasteiger charge is 2.41. The average Bonchev–Trinajstić information content (AvgIpc) is 3.02. The van der Waals surface area contributed by atoms with Crippen LogP contribution >= 0.6 is 11.8 Å². The Morgan fingerprint density at radius 1 is 1.48 bits per heavy atom. The van der Waals surface area contributed by atoms with Gasteiger partial charge in [0.1, 0.15) is 6.04 Å². The Morgan fingerprint density at radius 2 is 2.24 bits per heavy atom. The number of hydrogen-bond donors (Lipinski definition) is 1. The quantitative estimate of drug-likeness (QED) is 0.858. The van der Waals surface area contributed by atoms with E-state index in [1.165, 1.54) is 21.2 Å². The molecule has 3 heterocycles. The van der Waals surface area contributed by atoms with E-state index in [1.54, 1.807) is 19.2 Å². The predicted octanol–water partition coefficient (Wildman–Crippen LogP) is 0.421. The Balaban J connectivity index is 1.99.